The van der Waals surface area contributed by atoms with Crippen molar-refractivity contribution in [2.24, 2.45) is 29.6 Å². The van der Waals surface area contributed by atoms with Crippen LogP contribution in [0.1, 0.15) is 18.9 Å². The molecule has 0 amide bonds. The highest BCUT2D eigenvalue weighted by Gasteiger charge is 2.71. The number of methoxy groups -OCH3 is 4. The first-order chi connectivity index (χ1) is 18.5. The summed E-state index contributed by atoms with van der Waals surface area (Å²) in [5.74, 6) is -12.6. The monoisotopic (exact) mass is 564 g/mol. The summed E-state index contributed by atoms with van der Waals surface area (Å²) >= 11 is 5.88. The topological polar surface area (TPSA) is 152 Å². The standard InChI is InChI=1S/C27H29ClO11/c1-13-12-16-18(23(30)35-2)22(39-17(29)11-8-14-6-9-15(28)10-7-14)21(26(33)38-5)27(34,19(13)24(31)36-3)20(16)25(32)37-4/h6-11,13,16,19-21,34H,12H2,1-5H3/b11-8+/t13-,16+,19-,20-,21?,27-/m1/s1. The van der Waals surface area contributed by atoms with Crippen molar-refractivity contribution in [1.29, 1.82) is 0 Å². The van der Waals surface area contributed by atoms with E-state index in [0.717, 1.165) is 34.5 Å². The third-order valence-electron chi connectivity index (χ3n) is 7.20. The Hall–Kier alpha value is -3.70. The fraction of sp³-hybridized carbons (Fsp3) is 0.444. The van der Waals surface area contributed by atoms with E-state index in [0.29, 0.717) is 10.6 Å². The highest BCUT2D eigenvalue weighted by Crippen LogP contribution is 2.58. The molecule has 210 valence electrons. The van der Waals surface area contributed by atoms with Gasteiger partial charge in [-0.3, -0.25) is 14.4 Å². The number of aliphatic hydroxyl groups is 1. The largest absolute Gasteiger partial charge is 0.469 e. The number of rotatable bonds is 7. The Balaban J connectivity index is 2.26. The molecular weight excluding hydrogens is 536 g/mol. The van der Waals surface area contributed by atoms with Crippen molar-refractivity contribution in [2.45, 2.75) is 18.9 Å². The molecule has 0 aliphatic heterocycles. The molecule has 0 radical (unpaired) electrons. The smallest absolute Gasteiger partial charge is 0.337 e. The molecule has 2 bridgehead atoms. The Morgan fingerprint density at radius 3 is 2.00 bits per heavy atom. The second-order valence-corrected chi connectivity index (χ2v) is 9.68. The molecule has 0 heterocycles. The molecule has 1 N–H and O–H groups in total. The molecule has 1 unspecified atom stereocenters. The van der Waals surface area contributed by atoms with E-state index in [4.69, 9.17) is 35.3 Å². The molecule has 11 nitrogen and oxygen atoms in total. The van der Waals surface area contributed by atoms with Gasteiger partial charge in [-0.25, -0.2) is 9.59 Å². The van der Waals surface area contributed by atoms with Gasteiger partial charge in [0.05, 0.1) is 45.8 Å². The molecule has 2 aliphatic rings. The van der Waals surface area contributed by atoms with Crippen molar-refractivity contribution in [2.75, 3.05) is 28.4 Å². The van der Waals surface area contributed by atoms with E-state index < -0.39 is 70.8 Å². The summed E-state index contributed by atoms with van der Waals surface area (Å²) in [6, 6.07) is 6.49. The Morgan fingerprint density at radius 2 is 1.46 bits per heavy atom. The van der Waals surface area contributed by atoms with Crippen LogP contribution in [0.4, 0.5) is 0 Å². The molecule has 0 aromatic heterocycles. The van der Waals surface area contributed by atoms with Gasteiger partial charge in [0.2, 0.25) is 0 Å². The first-order valence-corrected chi connectivity index (χ1v) is 12.3. The fourth-order valence-electron chi connectivity index (χ4n) is 5.63. The van der Waals surface area contributed by atoms with Gasteiger partial charge >= 0.3 is 29.8 Å². The summed E-state index contributed by atoms with van der Waals surface area (Å²) in [5, 5.41) is 12.7. The Bertz CT molecular complexity index is 1220. The van der Waals surface area contributed by atoms with Crippen LogP contribution in [-0.2, 0) is 47.7 Å². The Labute approximate surface area is 229 Å². The third kappa shape index (κ3) is 5.41. The van der Waals surface area contributed by atoms with E-state index in [1.807, 2.05) is 0 Å². The predicted octanol–water partition coefficient (Wildman–Crippen LogP) is 2.09. The fourth-order valence-corrected chi connectivity index (χ4v) is 5.76. The number of halogens is 1. The SMILES string of the molecule is COC(=O)C1=C(OC(=O)/C=C/c2ccc(Cl)cc2)C(C(=O)OC)[C@@]2(O)[C@@H](C(=O)OC)[C@H](C)C[C@@H]1[C@@H]2C(=O)OC. The number of ether oxygens (including phenoxy) is 5. The van der Waals surface area contributed by atoms with E-state index >= 15 is 0 Å². The van der Waals surface area contributed by atoms with Crippen LogP contribution in [0.2, 0.25) is 5.02 Å². The quantitative estimate of drug-likeness (QED) is 0.294. The molecule has 1 saturated carbocycles. The van der Waals surface area contributed by atoms with Gasteiger partial charge in [0, 0.05) is 17.0 Å². The van der Waals surface area contributed by atoms with Crippen LogP contribution in [0.15, 0.2) is 41.7 Å². The van der Waals surface area contributed by atoms with Crippen LogP contribution in [0, 0.1) is 29.6 Å². The van der Waals surface area contributed by atoms with Crippen molar-refractivity contribution < 1.29 is 52.8 Å². The second-order valence-electron chi connectivity index (χ2n) is 9.24. The maximum Gasteiger partial charge on any atom is 0.337 e. The number of benzene rings is 1. The van der Waals surface area contributed by atoms with Gasteiger partial charge in [-0.15, -0.1) is 0 Å². The van der Waals surface area contributed by atoms with Gasteiger partial charge in [0.15, 0.2) is 0 Å². The molecule has 12 heteroatoms. The Kier molecular flexibility index (Phi) is 9.18. The van der Waals surface area contributed by atoms with Crippen LogP contribution >= 0.6 is 11.6 Å². The van der Waals surface area contributed by atoms with Crippen molar-refractivity contribution >= 4 is 47.5 Å². The van der Waals surface area contributed by atoms with E-state index in [1.54, 1.807) is 31.2 Å². The number of esters is 5. The van der Waals surface area contributed by atoms with Gasteiger partial charge < -0.3 is 28.8 Å². The molecule has 3 rings (SSSR count). The molecule has 1 aromatic rings. The average Bonchev–Trinajstić information content (AvgIpc) is 2.91. The summed E-state index contributed by atoms with van der Waals surface area (Å²) < 4.78 is 25.2. The molecule has 6 atom stereocenters. The maximum absolute atomic E-state index is 13.3. The first-order valence-electron chi connectivity index (χ1n) is 11.9. The van der Waals surface area contributed by atoms with Gasteiger partial charge in [0.1, 0.15) is 17.3 Å². The normalized spacial score (nSPS) is 27.9. The molecule has 1 aromatic carbocycles. The lowest BCUT2D eigenvalue weighted by Crippen LogP contribution is -2.68. The lowest BCUT2D eigenvalue weighted by Gasteiger charge is -2.55. The molecule has 39 heavy (non-hydrogen) atoms. The van der Waals surface area contributed by atoms with Crippen LogP contribution in [0.3, 0.4) is 0 Å². The summed E-state index contributed by atoms with van der Waals surface area (Å²) in [5.41, 5.74) is -2.29. The van der Waals surface area contributed by atoms with Crippen LogP contribution < -0.4 is 0 Å². The Morgan fingerprint density at radius 1 is 0.897 bits per heavy atom. The highest BCUT2D eigenvalue weighted by atomic mass is 35.5. The zero-order chi connectivity index (χ0) is 29.1. The van der Waals surface area contributed by atoms with Crippen LogP contribution in [0.25, 0.3) is 6.08 Å². The lowest BCUT2D eigenvalue weighted by molar-refractivity contribution is -0.212. The first kappa shape index (κ1) is 29.9. The summed E-state index contributed by atoms with van der Waals surface area (Å²) in [4.78, 5) is 65.3. The highest BCUT2D eigenvalue weighted by molar-refractivity contribution is 6.30. The summed E-state index contributed by atoms with van der Waals surface area (Å²) in [7, 11) is 4.22. The number of carbonyl (C=O) groups excluding carboxylic acids is 5. The minimum absolute atomic E-state index is 0.0121. The van der Waals surface area contributed by atoms with E-state index in [-0.39, 0.29) is 12.0 Å². The minimum atomic E-state index is -2.55. The zero-order valence-electron chi connectivity index (χ0n) is 22.0. The zero-order valence-corrected chi connectivity index (χ0v) is 22.7. The van der Waals surface area contributed by atoms with Gasteiger partial charge in [-0.1, -0.05) is 30.7 Å². The number of fused-ring (bicyclic) bond motifs is 2. The number of carbonyl (C=O) groups is 5. The van der Waals surface area contributed by atoms with Crippen molar-refractivity contribution in [3.63, 3.8) is 0 Å². The third-order valence-corrected chi connectivity index (χ3v) is 7.45. The molecule has 2 aliphatic carbocycles. The number of hydrogen-bond donors (Lipinski definition) is 1. The van der Waals surface area contributed by atoms with Crippen LogP contribution in [0.5, 0.6) is 0 Å². The molecular formula is C27H29ClO11. The van der Waals surface area contributed by atoms with Gasteiger partial charge in [-0.05, 0) is 36.1 Å². The number of hydrogen-bond acceptors (Lipinski definition) is 11. The average molecular weight is 565 g/mol. The predicted molar refractivity (Wildman–Crippen MR) is 134 cm³/mol. The minimum Gasteiger partial charge on any atom is -0.469 e. The van der Waals surface area contributed by atoms with Crippen molar-refractivity contribution in [1.82, 2.24) is 0 Å². The maximum atomic E-state index is 13.3. The van der Waals surface area contributed by atoms with E-state index in [1.165, 1.54) is 6.08 Å². The van der Waals surface area contributed by atoms with E-state index in [9.17, 15) is 29.1 Å². The second kappa shape index (κ2) is 12.0. The van der Waals surface area contributed by atoms with Crippen molar-refractivity contribution in [3.05, 3.63) is 52.3 Å². The summed E-state index contributed by atoms with van der Waals surface area (Å²) in [6.07, 6.45) is 2.42. The summed E-state index contributed by atoms with van der Waals surface area (Å²) in [6.45, 7) is 1.60. The van der Waals surface area contributed by atoms with Gasteiger partial charge in [0.25, 0.3) is 0 Å². The van der Waals surface area contributed by atoms with Crippen LogP contribution in [-0.4, -0.2) is 69.0 Å². The van der Waals surface area contributed by atoms with Gasteiger partial charge in [-0.2, -0.15) is 0 Å². The molecule has 1 fully saturated rings. The molecule has 0 spiro atoms. The lowest BCUT2D eigenvalue weighted by atomic mass is 9.50. The van der Waals surface area contributed by atoms with Crippen molar-refractivity contribution in [3.8, 4) is 0 Å². The molecule has 0 saturated heterocycles. The van der Waals surface area contributed by atoms with E-state index in [2.05, 4.69) is 0 Å².